The van der Waals surface area contributed by atoms with Crippen molar-refractivity contribution in [1.82, 2.24) is 5.01 Å². The lowest BCUT2D eigenvalue weighted by atomic mass is 10.4. The summed E-state index contributed by atoms with van der Waals surface area (Å²) in [5.41, 5.74) is 4.68. The monoisotopic (exact) mass is 130 g/mol. The number of nitrogens with two attached hydrogens (primary N) is 1. The first kappa shape index (κ1) is 8.46. The number of quaternary nitrogens is 1. The average molecular weight is 130 g/mol. The van der Waals surface area contributed by atoms with Crippen LogP contribution in [0.2, 0.25) is 0 Å². The molecule has 0 unspecified atom stereocenters. The molecule has 0 spiro atoms. The fourth-order valence-electron chi connectivity index (χ4n) is 0.404. The number of hydrogen-bond acceptors (Lipinski definition) is 2. The fourth-order valence-corrected chi connectivity index (χ4v) is 0.404. The Bertz CT molecular complexity index is 103. The summed E-state index contributed by atoms with van der Waals surface area (Å²) in [6, 6.07) is 0.349. The third kappa shape index (κ3) is 4.00. The van der Waals surface area contributed by atoms with E-state index >= 15 is 0 Å². The van der Waals surface area contributed by atoms with Gasteiger partial charge < -0.3 is 10.7 Å². The summed E-state index contributed by atoms with van der Waals surface area (Å²) in [5, 5.41) is 1.64. The van der Waals surface area contributed by atoms with Gasteiger partial charge in [0, 0.05) is 13.0 Å². The smallest absolute Gasteiger partial charge is 0.118 e. The number of rotatable bonds is 2. The van der Waals surface area contributed by atoms with Gasteiger partial charge >= 0.3 is 0 Å². The second-order valence-corrected chi connectivity index (χ2v) is 2.52. The number of allylic oxidation sites excluding steroid dienone is 1. The van der Waals surface area contributed by atoms with E-state index in [1.54, 1.807) is 5.01 Å². The zero-order chi connectivity index (χ0) is 7.44. The Labute approximate surface area is 56.3 Å². The van der Waals surface area contributed by atoms with Gasteiger partial charge in [0.2, 0.25) is 0 Å². The molecular weight excluding hydrogens is 114 g/mol. The lowest BCUT2D eigenvalue weighted by Gasteiger charge is -2.16. The molecule has 0 heterocycles. The van der Waals surface area contributed by atoms with Crippen LogP contribution in [0.3, 0.4) is 0 Å². The SMILES string of the molecule is C/C([NH3+])=C/N(N)C(C)C. The van der Waals surface area contributed by atoms with Crippen LogP contribution in [0.4, 0.5) is 0 Å². The Hall–Kier alpha value is -0.540. The van der Waals surface area contributed by atoms with Crippen molar-refractivity contribution in [3.05, 3.63) is 11.9 Å². The van der Waals surface area contributed by atoms with Crippen molar-refractivity contribution in [1.29, 1.82) is 0 Å². The molecule has 0 aromatic carbocycles. The fraction of sp³-hybridized carbons (Fsp3) is 0.667. The molecule has 0 atom stereocenters. The van der Waals surface area contributed by atoms with Crippen molar-refractivity contribution in [2.45, 2.75) is 26.8 Å². The maximum absolute atomic E-state index is 5.53. The molecule has 5 N–H and O–H groups in total. The number of hydrazine groups is 1. The van der Waals surface area contributed by atoms with E-state index in [2.05, 4.69) is 5.73 Å². The minimum absolute atomic E-state index is 0.349. The van der Waals surface area contributed by atoms with Crippen molar-refractivity contribution in [3.8, 4) is 0 Å². The molecule has 0 saturated heterocycles. The number of hydrogen-bond donors (Lipinski definition) is 2. The zero-order valence-corrected chi connectivity index (χ0v) is 6.39. The van der Waals surface area contributed by atoms with Gasteiger partial charge in [0.25, 0.3) is 0 Å². The molecule has 54 valence electrons. The molecular formula is C6H16N3+. The molecule has 0 bridgehead atoms. The first-order valence-electron chi connectivity index (χ1n) is 3.07. The summed E-state index contributed by atoms with van der Waals surface area (Å²) in [7, 11) is 0. The van der Waals surface area contributed by atoms with E-state index in [9.17, 15) is 0 Å². The van der Waals surface area contributed by atoms with Crippen LogP contribution in [-0.4, -0.2) is 11.1 Å². The van der Waals surface area contributed by atoms with Crippen LogP contribution in [0.25, 0.3) is 0 Å². The molecule has 0 aromatic rings. The molecule has 0 amide bonds. The zero-order valence-electron chi connectivity index (χ0n) is 6.39. The van der Waals surface area contributed by atoms with E-state index in [-0.39, 0.29) is 0 Å². The Morgan fingerprint density at radius 3 is 2.22 bits per heavy atom. The van der Waals surface area contributed by atoms with Gasteiger partial charge in [0.1, 0.15) is 5.70 Å². The van der Waals surface area contributed by atoms with Gasteiger partial charge in [-0.2, -0.15) is 0 Å². The van der Waals surface area contributed by atoms with Crippen LogP contribution >= 0.6 is 0 Å². The van der Waals surface area contributed by atoms with E-state index < -0.39 is 0 Å². The van der Waals surface area contributed by atoms with Gasteiger partial charge in [-0.15, -0.1) is 0 Å². The first-order valence-corrected chi connectivity index (χ1v) is 3.07. The van der Waals surface area contributed by atoms with E-state index in [0.29, 0.717) is 6.04 Å². The summed E-state index contributed by atoms with van der Waals surface area (Å²) in [6.45, 7) is 5.97. The molecule has 9 heavy (non-hydrogen) atoms. The quantitative estimate of drug-likeness (QED) is 0.397. The standard InChI is InChI=1S/C6H15N3/c1-5(2)9(8)4-6(3)7/h4-5H,7-8H2,1-3H3/p+1/b6-4-. The van der Waals surface area contributed by atoms with Crippen molar-refractivity contribution >= 4 is 0 Å². The van der Waals surface area contributed by atoms with E-state index in [1.165, 1.54) is 0 Å². The highest BCUT2D eigenvalue weighted by Crippen LogP contribution is 1.90. The van der Waals surface area contributed by atoms with Crippen molar-refractivity contribution in [2.24, 2.45) is 5.84 Å². The molecule has 0 aliphatic heterocycles. The van der Waals surface area contributed by atoms with Gasteiger partial charge in [0.15, 0.2) is 0 Å². The molecule has 0 saturated carbocycles. The van der Waals surface area contributed by atoms with E-state index in [0.717, 1.165) is 5.70 Å². The molecule has 3 heteroatoms. The van der Waals surface area contributed by atoms with Crippen molar-refractivity contribution < 1.29 is 5.73 Å². The maximum atomic E-state index is 5.53. The molecule has 0 rings (SSSR count). The second kappa shape index (κ2) is 3.48. The summed E-state index contributed by atoms with van der Waals surface area (Å²) in [6.07, 6.45) is 1.82. The summed E-state index contributed by atoms with van der Waals surface area (Å²) in [4.78, 5) is 0. The Balaban J connectivity index is 3.76. The topological polar surface area (TPSA) is 56.9 Å². The second-order valence-electron chi connectivity index (χ2n) is 2.52. The third-order valence-corrected chi connectivity index (χ3v) is 0.966. The predicted molar refractivity (Wildman–Crippen MR) is 37.8 cm³/mol. The average Bonchev–Trinajstić information content (AvgIpc) is 1.63. The van der Waals surface area contributed by atoms with Gasteiger partial charge in [-0.05, 0) is 13.8 Å². The van der Waals surface area contributed by atoms with Crippen molar-refractivity contribution in [2.75, 3.05) is 0 Å². The van der Waals surface area contributed by atoms with Crippen LogP contribution in [0.5, 0.6) is 0 Å². The Kier molecular flexibility index (Phi) is 3.27. The molecule has 0 aliphatic carbocycles. The minimum Gasteiger partial charge on any atom is -0.328 e. The van der Waals surface area contributed by atoms with Crippen LogP contribution in [-0.2, 0) is 0 Å². The third-order valence-electron chi connectivity index (χ3n) is 0.966. The predicted octanol–water partition coefficient (Wildman–Crippen LogP) is -0.326. The molecule has 3 nitrogen and oxygen atoms in total. The first-order chi connectivity index (χ1) is 4.04. The van der Waals surface area contributed by atoms with Gasteiger partial charge in [-0.1, -0.05) is 0 Å². The van der Waals surface area contributed by atoms with E-state index in [1.807, 2.05) is 27.0 Å². The summed E-state index contributed by atoms with van der Waals surface area (Å²) in [5.74, 6) is 5.53. The highest BCUT2D eigenvalue weighted by atomic mass is 15.4. The van der Waals surface area contributed by atoms with Gasteiger partial charge in [0.05, 0.1) is 6.20 Å². The van der Waals surface area contributed by atoms with Gasteiger partial charge in [-0.3, -0.25) is 0 Å². The number of nitrogens with zero attached hydrogens (tertiary/aromatic N) is 1. The lowest BCUT2D eigenvalue weighted by molar-refractivity contribution is -0.303. The van der Waals surface area contributed by atoms with Gasteiger partial charge in [-0.25, -0.2) is 5.84 Å². The largest absolute Gasteiger partial charge is 0.328 e. The van der Waals surface area contributed by atoms with Crippen LogP contribution in [0.1, 0.15) is 20.8 Å². The molecule has 0 fully saturated rings. The molecule has 0 aromatic heterocycles. The summed E-state index contributed by atoms with van der Waals surface area (Å²) >= 11 is 0. The normalized spacial score (nSPS) is 12.4. The summed E-state index contributed by atoms with van der Waals surface area (Å²) < 4.78 is 0. The Morgan fingerprint density at radius 1 is 1.67 bits per heavy atom. The van der Waals surface area contributed by atoms with Crippen LogP contribution in [0, 0.1) is 0 Å². The minimum atomic E-state index is 0.349. The highest BCUT2D eigenvalue weighted by Gasteiger charge is 1.97. The lowest BCUT2D eigenvalue weighted by Crippen LogP contribution is -2.48. The van der Waals surface area contributed by atoms with E-state index in [4.69, 9.17) is 5.84 Å². The van der Waals surface area contributed by atoms with Crippen LogP contribution in [0.15, 0.2) is 11.9 Å². The van der Waals surface area contributed by atoms with Crippen molar-refractivity contribution in [3.63, 3.8) is 0 Å². The molecule has 0 aliphatic rings. The maximum Gasteiger partial charge on any atom is 0.118 e. The van der Waals surface area contributed by atoms with Crippen LogP contribution < -0.4 is 11.6 Å². The Morgan fingerprint density at radius 2 is 2.11 bits per heavy atom. The molecule has 0 radical (unpaired) electrons. The highest BCUT2D eigenvalue weighted by molar-refractivity contribution is 4.83.